The average Bonchev–Trinajstić information content (AvgIpc) is 2.36. The standard InChI is InChI=1S/C17H18FNO/c1-10-8-12(3)16(13(4)9-10)19-17(20)14-7-5-6-11(2)15(14)18/h5-9H,1-4H3,(H,19,20). The summed E-state index contributed by atoms with van der Waals surface area (Å²) in [6.45, 7) is 7.52. The highest BCUT2D eigenvalue weighted by molar-refractivity contribution is 6.05. The zero-order chi connectivity index (χ0) is 14.9. The van der Waals surface area contributed by atoms with Gasteiger partial charge >= 0.3 is 0 Å². The van der Waals surface area contributed by atoms with Crippen molar-refractivity contribution in [2.75, 3.05) is 5.32 Å². The summed E-state index contributed by atoms with van der Waals surface area (Å²) in [7, 11) is 0. The Kier molecular flexibility index (Phi) is 3.89. The van der Waals surface area contributed by atoms with Gasteiger partial charge < -0.3 is 5.32 Å². The number of aryl methyl sites for hydroxylation is 4. The minimum Gasteiger partial charge on any atom is -0.321 e. The first-order valence-electron chi connectivity index (χ1n) is 6.54. The van der Waals surface area contributed by atoms with E-state index in [1.165, 1.54) is 6.07 Å². The van der Waals surface area contributed by atoms with Crippen molar-refractivity contribution < 1.29 is 9.18 Å². The van der Waals surface area contributed by atoms with Crippen molar-refractivity contribution in [3.63, 3.8) is 0 Å². The molecular formula is C17H18FNO. The predicted octanol–water partition coefficient (Wildman–Crippen LogP) is 4.31. The van der Waals surface area contributed by atoms with Crippen LogP contribution in [0.25, 0.3) is 0 Å². The summed E-state index contributed by atoms with van der Waals surface area (Å²) >= 11 is 0. The van der Waals surface area contributed by atoms with Gasteiger partial charge in [0.2, 0.25) is 0 Å². The molecule has 2 nitrogen and oxygen atoms in total. The maximum absolute atomic E-state index is 14.0. The molecule has 2 aromatic rings. The number of rotatable bonds is 2. The third kappa shape index (κ3) is 2.72. The van der Waals surface area contributed by atoms with E-state index < -0.39 is 11.7 Å². The molecule has 0 aromatic heterocycles. The molecule has 0 aliphatic heterocycles. The molecule has 0 fully saturated rings. The van der Waals surface area contributed by atoms with E-state index in [-0.39, 0.29) is 5.56 Å². The normalized spacial score (nSPS) is 10.4. The van der Waals surface area contributed by atoms with E-state index in [4.69, 9.17) is 0 Å². The van der Waals surface area contributed by atoms with Crippen molar-refractivity contribution in [2.24, 2.45) is 0 Å². The minimum absolute atomic E-state index is 0.0735. The molecule has 0 atom stereocenters. The molecule has 0 spiro atoms. The molecule has 1 amide bonds. The van der Waals surface area contributed by atoms with Gasteiger partial charge in [0.25, 0.3) is 5.91 Å². The number of amides is 1. The largest absolute Gasteiger partial charge is 0.321 e. The summed E-state index contributed by atoms with van der Waals surface area (Å²) < 4.78 is 14.0. The van der Waals surface area contributed by atoms with Gasteiger partial charge in [0.15, 0.2) is 0 Å². The van der Waals surface area contributed by atoms with E-state index in [9.17, 15) is 9.18 Å². The zero-order valence-electron chi connectivity index (χ0n) is 12.2. The second-order valence-electron chi connectivity index (χ2n) is 5.16. The molecule has 0 saturated heterocycles. The topological polar surface area (TPSA) is 29.1 Å². The van der Waals surface area contributed by atoms with Gasteiger partial charge in [-0.15, -0.1) is 0 Å². The first-order valence-corrected chi connectivity index (χ1v) is 6.54. The van der Waals surface area contributed by atoms with E-state index in [2.05, 4.69) is 5.32 Å². The highest BCUT2D eigenvalue weighted by Crippen LogP contribution is 2.23. The number of carbonyl (C=O) groups excluding carboxylic acids is 1. The van der Waals surface area contributed by atoms with Crippen molar-refractivity contribution in [1.82, 2.24) is 0 Å². The number of benzene rings is 2. The van der Waals surface area contributed by atoms with Gasteiger partial charge in [-0.1, -0.05) is 29.8 Å². The van der Waals surface area contributed by atoms with Crippen LogP contribution < -0.4 is 5.32 Å². The number of halogens is 1. The number of hydrogen-bond donors (Lipinski definition) is 1. The van der Waals surface area contributed by atoms with Crippen LogP contribution in [0.3, 0.4) is 0 Å². The quantitative estimate of drug-likeness (QED) is 0.866. The van der Waals surface area contributed by atoms with Gasteiger partial charge in [-0.05, 0) is 50.5 Å². The molecule has 0 radical (unpaired) electrons. The Bertz CT molecular complexity index is 654. The maximum Gasteiger partial charge on any atom is 0.258 e. The molecule has 20 heavy (non-hydrogen) atoms. The van der Waals surface area contributed by atoms with E-state index >= 15 is 0 Å². The fourth-order valence-electron chi connectivity index (χ4n) is 2.38. The fraction of sp³-hybridized carbons (Fsp3) is 0.235. The van der Waals surface area contributed by atoms with Crippen LogP contribution >= 0.6 is 0 Å². The highest BCUT2D eigenvalue weighted by Gasteiger charge is 2.15. The third-order valence-corrected chi connectivity index (χ3v) is 3.35. The Morgan fingerprint density at radius 1 is 1.00 bits per heavy atom. The molecule has 1 N–H and O–H groups in total. The van der Waals surface area contributed by atoms with E-state index in [1.807, 2.05) is 32.9 Å². The van der Waals surface area contributed by atoms with Crippen molar-refractivity contribution in [3.8, 4) is 0 Å². The second-order valence-corrected chi connectivity index (χ2v) is 5.16. The first-order chi connectivity index (χ1) is 9.40. The van der Waals surface area contributed by atoms with Gasteiger partial charge in [-0.3, -0.25) is 4.79 Å². The lowest BCUT2D eigenvalue weighted by molar-refractivity contribution is 0.102. The van der Waals surface area contributed by atoms with Crippen molar-refractivity contribution in [2.45, 2.75) is 27.7 Å². The lowest BCUT2D eigenvalue weighted by Gasteiger charge is -2.13. The second kappa shape index (κ2) is 5.45. The smallest absolute Gasteiger partial charge is 0.258 e. The number of nitrogens with one attached hydrogen (secondary N) is 1. The molecule has 0 bridgehead atoms. The Labute approximate surface area is 118 Å². The van der Waals surface area contributed by atoms with Gasteiger partial charge in [0.05, 0.1) is 5.56 Å². The Hall–Kier alpha value is -2.16. The number of hydrogen-bond acceptors (Lipinski definition) is 1. The summed E-state index contributed by atoms with van der Waals surface area (Å²) in [6.07, 6.45) is 0. The van der Waals surface area contributed by atoms with Crippen molar-refractivity contribution in [3.05, 3.63) is 64.0 Å². The average molecular weight is 271 g/mol. The molecule has 3 heteroatoms. The van der Waals surface area contributed by atoms with Crippen LogP contribution in [0.5, 0.6) is 0 Å². The number of anilines is 1. The summed E-state index contributed by atoms with van der Waals surface area (Å²) in [4.78, 5) is 12.2. The van der Waals surface area contributed by atoms with E-state index in [1.54, 1.807) is 19.1 Å². The molecule has 0 aliphatic rings. The van der Waals surface area contributed by atoms with Gasteiger partial charge in [0, 0.05) is 5.69 Å². The van der Waals surface area contributed by atoms with Gasteiger partial charge in [-0.25, -0.2) is 4.39 Å². The SMILES string of the molecule is Cc1cc(C)c(NC(=O)c2cccc(C)c2F)c(C)c1. The Morgan fingerprint density at radius 2 is 1.60 bits per heavy atom. The Balaban J connectivity index is 2.36. The monoisotopic (exact) mass is 271 g/mol. The molecule has 104 valence electrons. The molecular weight excluding hydrogens is 253 g/mol. The van der Waals surface area contributed by atoms with Crippen LogP contribution in [0.1, 0.15) is 32.6 Å². The predicted molar refractivity (Wildman–Crippen MR) is 79.7 cm³/mol. The van der Waals surface area contributed by atoms with Crippen molar-refractivity contribution >= 4 is 11.6 Å². The van der Waals surface area contributed by atoms with E-state index in [0.717, 1.165) is 22.4 Å². The van der Waals surface area contributed by atoms with Crippen LogP contribution in [0.4, 0.5) is 10.1 Å². The van der Waals surface area contributed by atoms with E-state index in [0.29, 0.717) is 5.56 Å². The summed E-state index contributed by atoms with van der Waals surface area (Å²) in [5.41, 5.74) is 4.38. The molecule has 2 rings (SSSR count). The van der Waals surface area contributed by atoms with Crippen LogP contribution in [-0.4, -0.2) is 5.91 Å². The number of carbonyl (C=O) groups is 1. The molecule has 2 aromatic carbocycles. The zero-order valence-corrected chi connectivity index (χ0v) is 12.2. The van der Waals surface area contributed by atoms with Gasteiger partial charge in [-0.2, -0.15) is 0 Å². The summed E-state index contributed by atoms with van der Waals surface area (Å²) in [6, 6.07) is 8.82. The molecule has 0 aliphatic carbocycles. The molecule has 0 heterocycles. The van der Waals surface area contributed by atoms with Crippen LogP contribution in [0.2, 0.25) is 0 Å². The maximum atomic E-state index is 14.0. The minimum atomic E-state index is -0.465. The Morgan fingerprint density at radius 3 is 2.20 bits per heavy atom. The summed E-state index contributed by atoms with van der Waals surface area (Å²) in [5.74, 6) is -0.881. The highest BCUT2D eigenvalue weighted by atomic mass is 19.1. The lowest BCUT2D eigenvalue weighted by atomic mass is 10.0. The van der Waals surface area contributed by atoms with Crippen LogP contribution in [0.15, 0.2) is 30.3 Å². The van der Waals surface area contributed by atoms with Crippen LogP contribution in [0, 0.1) is 33.5 Å². The van der Waals surface area contributed by atoms with Crippen molar-refractivity contribution in [1.29, 1.82) is 0 Å². The van der Waals surface area contributed by atoms with Crippen LogP contribution in [-0.2, 0) is 0 Å². The molecule has 0 saturated carbocycles. The third-order valence-electron chi connectivity index (χ3n) is 3.35. The summed E-state index contributed by atoms with van der Waals surface area (Å²) in [5, 5.41) is 2.81. The fourth-order valence-corrected chi connectivity index (χ4v) is 2.38. The lowest BCUT2D eigenvalue weighted by Crippen LogP contribution is -2.16. The first kappa shape index (κ1) is 14.3. The van der Waals surface area contributed by atoms with Gasteiger partial charge in [0.1, 0.15) is 5.82 Å². The molecule has 0 unspecified atom stereocenters.